The van der Waals surface area contributed by atoms with Gasteiger partial charge in [0.1, 0.15) is 17.6 Å². The molecule has 0 unspecified atom stereocenters. The second-order valence-corrected chi connectivity index (χ2v) is 4.22. The van der Waals surface area contributed by atoms with Crippen molar-refractivity contribution in [2.24, 2.45) is 0 Å². The van der Waals surface area contributed by atoms with Crippen molar-refractivity contribution in [1.82, 2.24) is 4.98 Å². The van der Waals surface area contributed by atoms with Gasteiger partial charge in [0.05, 0.1) is 10.7 Å². The van der Waals surface area contributed by atoms with Gasteiger partial charge >= 0.3 is 0 Å². The fourth-order valence-electron chi connectivity index (χ4n) is 1.30. The number of pyridine rings is 1. The molecule has 2 rings (SSSR count). The molecule has 0 bridgehead atoms. The highest BCUT2D eigenvalue weighted by atomic mass is 35.5. The first-order chi connectivity index (χ1) is 8.56. The Morgan fingerprint density at radius 3 is 2.61 bits per heavy atom. The largest absolute Gasteiger partial charge is 0.484 e. The summed E-state index contributed by atoms with van der Waals surface area (Å²) in [5.41, 5.74) is 0.382. The summed E-state index contributed by atoms with van der Waals surface area (Å²) in [6.45, 7) is -0.0536. The monoisotopic (exact) mass is 289 g/mol. The lowest BCUT2D eigenvalue weighted by Gasteiger charge is -2.08. The number of hydrogen-bond donors (Lipinski definition) is 0. The van der Waals surface area contributed by atoms with E-state index >= 15 is 0 Å². The Labute approximate surface area is 112 Å². The number of nitrogens with zero attached hydrogens (tertiary/aromatic N) is 1. The van der Waals surface area contributed by atoms with Gasteiger partial charge in [0.15, 0.2) is 11.6 Å². The predicted octanol–water partition coefficient (Wildman–Crippen LogP) is 4.25. The molecule has 0 aliphatic rings. The number of ether oxygens (including phenoxy) is 1. The minimum atomic E-state index is -0.784. The van der Waals surface area contributed by atoms with Gasteiger partial charge in [0.2, 0.25) is 0 Å². The van der Waals surface area contributed by atoms with Crippen LogP contribution >= 0.6 is 23.2 Å². The Bertz CT molecular complexity index is 578. The van der Waals surface area contributed by atoms with Crippen LogP contribution in [0.1, 0.15) is 5.69 Å². The van der Waals surface area contributed by atoms with Gasteiger partial charge < -0.3 is 4.74 Å². The maximum atomic E-state index is 13.3. The van der Waals surface area contributed by atoms with Crippen molar-refractivity contribution in [1.29, 1.82) is 0 Å². The maximum absolute atomic E-state index is 13.3. The standard InChI is InChI=1S/C12H7Cl2F2NO/c13-8-2-4-12(14)17-10(8)6-18-11-3-1-7(15)5-9(11)16/h1-5H,6H2. The second-order valence-electron chi connectivity index (χ2n) is 3.43. The third-order valence-electron chi connectivity index (χ3n) is 2.14. The fraction of sp³-hybridized carbons (Fsp3) is 0.0833. The third-order valence-corrected chi connectivity index (χ3v) is 2.70. The van der Waals surface area contributed by atoms with E-state index in [2.05, 4.69) is 4.98 Å². The molecule has 0 atom stereocenters. The van der Waals surface area contributed by atoms with Crippen LogP contribution in [0.15, 0.2) is 30.3 Å². The van der Waals surface area contributed by atoms with Crippen molar-refractivity contribution in [2.75, 3.05) is 0 Å². The molecule has 0 aliphatic carbocycles. The van der Waals surface area contributed by atoms with Gasteiger partial charge in [-0.15, -0.1) is 0 Å². The smallest absolute Gasteiger partial charge is 0.167 e. The molecule has 0 aliphatic heterocycles. The van der Waals surface area contributed by atoms with Crippen LogP contribution in [0.2, 0.25) is 10.2 Å². The first-order valence-electron chi connectivity index (χ1n) is 4.95. The molecule has 0 fully saturated rings. The molecule has 0 radical (unpaired) electrons. The molecule has 1 aromatic heterocycles. The van der Waals surface area contributed by atoms with Gasteiger partial charge in [-0.1, -0.05) is 23.2 Å². The summed E-state index contributed by atoms with van der Waals surface area (Å²) in [5.74, 6) is -1.53. The summed E-state index contributed by atoms with van der Waals surface area (Å²) in [6.07, 6.45) is 0. The van der Waals surface area contributed by atoms with Gasteiger partial charge in [0, 0.05) is 6.07 Å². The Morgan fingerprint density at radius 1 is 1.11 bits per heavy atom. The summed E-state index contributed by atoms with van der Waals surface area (Å²) in [5, 5.41) is 0.625. The number of hydrogen-bond acceptors (Lipinski definition) is 2. The zero-order chi connectivity index (χ0) is 13.1. The highest BCUT2D eigenvalue weighted by molar-refractivity contribution is 6.32. The van der Waals surface area contributed by atoms with Crippen molar-refractivity contribution in [3.63, 3.8) is 0 Å². The van der Waals surface area contributed by atoms with E-state index in [1.54, 1.807) is 6.07 Å². The van der Waals surface area contributed by atoms with Crippen LogP contribution in [0, 0.1) is 11.6 Å². The predicted molar refractivity (Wildman–Crippen MR) is 64.9 cm³/mol. The number of rotatable bonds is 3. The van der Waals surface area contributed by atoms with Crippen LogP contribution < -0.4 is 4.74 Å². The average molecular weight is 290 g/mol. The highest BCUT2D eigenvalue weighted by Crippen LogP contribution is 2.22. The van der Waals surface area contributed by atoms with Crippen LogP contribution in [0.5, 0.6) is 5.75 Å². The molecule has 1 aromatic carbocycles. The van der Waals surface area contributed by atoms with Crippen LogP contribution in [0.4, 0.5) is 8.78 Å². The van der Waals surface area contributed by atoms with E-state index in [4.69, 9.17) is 27.9 Å². The quantitative estimate of drug-likeness (QED) is 0.788. The third kappa shape index (κ3) is 3.09. The maximum Gasteiger partial charge on any atom is 0.167 e. The van der Waals surface area contributed by atoms with Crippen LogP contribution in [0.3, 0.4) is 0 Å². The van der Waals surface area contributed by atoms with Gasteiger partial charge in [-0.3, -0.25) is 0 Å². The van der Waals surface area contributed by atoms with E-state index in [0.29, 0.717) is 10.7 Å². The zero-order valence-corrected chi connectivity index (χ0v) is 10.5. The highest BCUT2D eigenvalue weighted by Gasteiger charge is 2.08. The Hall–Kier alpha value is -1.39. The Morgan fingerprint density at radius 2 is 1.89 bits per heavy atom. The number of halogens is 4. The molecule has 6 heteroatoms. The van der Waals surface area contributed by atoms with E-state index in [1.165, 1.54) is 12.1 Å². The van der Waals surface area contributed by atoms with Crippen LogP contribution in [-0.2, 0) is 6.61 Å². The SMILES string of the molecule is Fc1ccc(OCc2nc(Cl)ccc2Cl)c(F)c1. The minimum Gasteiger partial charge on any atom is -0.484 e. The first-order valence-corrected chi connectivity index (χ1v) is 5.70. The molecule has 2 aromatic rings. The van der Waals surface area contributed by atoms with Crippen LogP contribution in [0.25, 0.3) is 0 Å². The van der Waals surface area contributed by atoms with E-state index in [1.807, 2.05) is 0 Å². The lowest BCUT2D eigenvalue weighted by atomic mass is 10.3. The molecular weight excluding hydrogens is 283 g/mol. The molecule has 0 saturated carbocycles. The fourth-order valence-corrected chi connectivity index (χ4v) is 1.62. The minimum absolute atomic E-state index is 0.0536. The van der Waals surface area contributed by atoms with Crippen LogP contribution in [-0.4, -0.2) is 4.98 Å². The summed E-state index contributed by atoms with van der Waals surface area (Å²) in [7, 11) is 0. The molecule has 0 saturated heterocycles. The normalized spacial score (nSPS) is 10.4. The van der Waals surface area contributed by atoms with E-state index in [0.717, 1.165) is 12.1 Å². The molecule has 94 valence electrons. The van der Waals surface area contributed by atoms with Gasteiger partial charge in [-0.05, 0) is 24.3 Å². The molecule has 0 N–H and O–H groups in total. The number of aromatic nitrogens is 1. The van der Waals surface area contributed by atoms with E-state index in [9.17, 15) is 8.78 Å². The van der Waals surface area contributed by atoms with Gasteiger partial charge in [0.25, 0.3) is 0 Å². The zero-order valence-electron chi connectivity index (χ0n) is 8.96. The van der Waals surface area contributed by atoms with Gasteiger partial charge in [-0.25, -0.2) is 13.8 Å². The van der Waals surface area contributed by atoms with Crippen molar-refractivity contribution in [3.8, 4) is 5.75 Å². The first kappa shape index (κ1) is 13.1. The lowest BCUT2D eigenvalue weighted by molar-refractivity contribution is 0.285. The Kier molecular flexibility index (Phi) is 3.99. The molecule has 2 nitrogen and oxygen atoms in total. The summed E-state index contributed by atoms with van der Waals surface area (Å²) >= 11 is 11.6. The molecule has 18 heavy (non-hydrogen) atoms. The molecule has 1 heterocycles. The van der Waals surface area contributed by atoms with E-state index in [-0.39, 0.29) is 17.5 Å². The number of benzene rings is 1. The second kappa shape index (κ2) is 5.50. The van der Waals surface area contributed by atoms with E-state index < -0.39 is 11.6 Å². The molecule has 0 spiro atoms. The van der Waals surface area contributed by atoms with Crippen molar-refractivity contribution in [2.45, 2.75) is 6.61 Å². The molecular formula is C12H7Cl2F2NO. The van der Waals surface area contributed by atoms with Crippen molar-refractivity contribution < 1.29 is 13.5 Å². The topological polar surface area (TPSA) is 22.1 Å². The van der Waals surface area contributed by atoms with Crippen molar-refractivity contribution >= 4 is 23.2 Å². The lowest BCUT2D eigenvalue weighted by Crippen LogP contribution is -2.01. The Balaban J connectivity index is 2.13. The summed E-state index contributed by atoms with van der Waals surface area (Å²) < 4.78 is 31.1. The summed E-state index contributed by atoms with van der Waals surface area (Å²) in [6, 6.07) is 6.14. The van der Waals surface area contributed by atoms with Gasteiger partial charge in [-0.2, -0.15) is 0 Å². The summed E-state index contributed by atoms with van der Waals surface area (Å²) in [4.78, 5) is 3.95. The van der Waals surface area contributed by atoms with Crippen molar-refractivity contribution in [3.05, 3.63) is 57.8 Å². The average Bonchev–Trinajstić information content (AvgIpc) is 2.32. The molecule has 0 amide bonds.